The normalized spacial score (nSPS) is 23.6. The van der Waals surface area contributed by atoms with Crippen molar-refractivity contribution >= 4 is 28.3 Å². The highest BCUT2D eigenvalue weighted by atomic mass is 32.1. The van der Waals surface area contributed by atoms with Crippen LogP contribution in [0.25, 0.3) is 0 Å². The molecule has 7 heteroatoms. The van der Waals surface area contributed by atoms with Crippen LogP contribution in [0.1, 0.15) is 24.5 Å². The minimum absolute atomic E-state index is 0.0793. The lowest BCUT2D eigenvalue weighted by atomic mass is 10.2. The van der Waals surface area contributed by atoms with Gasteiger partial charge < -0.3 is 10.6 Å². The zero-order chi connectivity index (χ0) is 12.5. The molecule has 1 saturated carbocycles. The zero-order valence-electron chi connectivity index (χ0n) is 9.73. The van der Waals surface area contributed by atoms with Crippen LogP contribution in [0.15, 0.2) is 5.38 Å². The van der Waals surface area contributed by atoms with Crippen molar-refractivity contribution in [1.82, 2.24) is 15.6 Å². The summed E-state index contributed by atoms with van der Waals surface area (Å²) < 4.78 is 0. The summed E-state index contributed by atoms with van der Waals surface area (Å²) in [6.07, 6.45) is 2.40. The molecule has 6 nitrogen and oxygen atoms in total. The maximum absolute atomic E-state index is 11.9. The summed E-state index contributed by atoms with van der Waals surface area (Å²) in [5.41, 5.74) is 1.08. The lowest BCUT2D eigenvalue weighted by Gasteiger charge is -2.22. The van der Waals surface area contributed by atoms with E-state index < -0.39 is 0 Å². The molecule has 2 aliphatic rings. The van der Waals surface area contributed by atoms with Crippen LogP contribution in [0.2, 0.25) is 0 Å². The van der Waals surface area contributed by atoms with Crippen molar-refractivity contribution in [3.63, 3.8) is 0 Å². The van der Waals surface area contributed by atoms with Crippen LogP contribution in [0.5, 0.6) is 0 Å². The first-order valence-electron chi connectivity index (χ1n) is 5.99. The summed E-state index contributed by atoms with van der Waals surface area (Å²) in [6.45, 7) is 0.509. The van der Waals surface area contributed by atoms with Crippen LogP contribution in [0, 0.1) is 0 Å². The maximum atomic E-state index is 11.9. The predicted octanol–water partition coefficient (Wildman–Crippen LogP) is 0.0470. The van der Waals surface area contributed by atoms with Crippen molar-refractivity contribution < 1.29 is 9.59 Å². The molecule has 0 radical (unpaired) electrons. The Morgan fingerprint density at radius 1 is 1.50 bits per heavy atom. The van der Waals surface area contributed by atoms with Gasteiger partial charge in [-0.25, -0.2) is 4.98 Å². The van der Waals surface area contributed by atoms with E-state index in [0.717, 1.165) is 5.69 Å². The van der Waals surface area contributed by atoms with Gasteiger partial charge in [-0.3, -0.25) is 14.9 Å². The Bertz CT molecular complexity index is 473. The SMILES string of the molecule is O=C1CNC(C(=O)Nc2nc(C3CC3)cs2)CN1. The van der Waals surface area contributed by atoms with Gasteiger partial charge in [0.25, 0.3) is 0 Å². The molecule has 3 rings (SSSR count). The highest BCUT2D eigenvalue weighted by molar-refractivity contribution is 7.13. The number of carbonyl (C=O) groups is 2. The number of amides is 2. The monoisotopic (exact) mass is 266 g/mol. The van der Waals surface area contributed by atoms with E-state index >= 15 is 0 Å². The molecule has 1 atom stereocenters. The molecule has 18 heavy (non-hydrogen) atoms. The fourth-order valence-corrected chi connectivity index (χ4v) is 2.65. The van der Waals surface area contributed by atoms with Crippen molar-refractivity contribution in [2.24, 2.45) is 0 Å². The molecule has 1 aliphatic heterocycles. The van der Waals surface area contributed by atoms with Crippen LogP contribution < -0.4 is 16.0 Å². The second-order valence-electron chi connectivity index (χ2n) is 4.58. The van der Waals surface area contributed by atoms with Gasteiger partial charge in [0, 0.05) is 17.8 Å². The fraction of sp³-hybridized carbons (Fsp3) is 0.545. The molecule has 1 unspecified atom stereocenters. The Hall–Kier alpha value is -1.47. The zero-order valence-corrected chi connectivity index (χ0v) is 10.5. The van der Waals surface area contributed by atoms with Crippen LogP contribution in [-0.4, -0.2) is 35.9 Å². The third kappa shape index (κ3) is 2.51. The number of nitrogens with one attached hydrogen (secondary N) is 3. The number of carbonyl (C=O) groups excluding carboxylic acids is 2. The third-order valence-electron chi connectivity index (χ3n) is 3.08. The van der Waals surface area contributed by atoms with E-state index in [2.05, 4.69) is 20.9 Å². The average Bonchev–Trinajstić information content (AvgIpc) is 3.11. The lowest BCUT2D eigenvalue weighted by molar-refractivity contribution is -0.124. The summed E-state index contributed by atoms with van der Waals surface area (Å²) in [5.74, 6) is 0.370. The molecule has 3 N–H and O–H groups in total. The first-order chi connectivity index (χ1) is 8.72. The summed E-state index contributed by atoms with van der Waals surface area (Å²) in [4.78, 5) is 27.3. The van der Waals surface area contributed by atoms with Crippen molar-refractivity contribution in [3.05, 3.63) is 11.1 Å². The van der Waals surface area contributed by atoms with Gasteiger partial charge in [0.2, 0.25) is 11.8 Å². The first-order valence-corrected chi connectivity index (χ1v) is 6.87. The van der Waals surface area contributed by atoms with E-state index in [0.29, 0.717) is 17.6 Å². The van der Waals surface area contributed by atoms with E-state index in [1.165, 1.54) is 24.2 Å². The van der Waals surface area contributed by atoms with Crippen LogP contribution in [-0.2, 0) is 9.59 Å². The van der Waals surface area contributed by atoms with Crippen molar-refractivity contribution in [1.29, 1.82) is 0 Å². The Morgan fingerprint density at radius 2 is 2.33 bits per heavy atom. The van der Waals surface area contributed by atoms with Crippen LogP contribution >= 0.6 is 11.3 Å². The van der Waals surface area contributed by atoms with E-state index in [1.54, 1.807) is 0 Å². The topological polar surface area (TPSA) is 83.1 Å². The molecule has 0 aromatic carbocycles. The van der Waals surface area contributed by atoms with Gasteiger partial charge >= 0.3 is 0 Å². The molecule has 2 amide bonds. The largest absolute Gasteiger partial charge is 0.353 e. The molecular formula is C11H14N4O2S. The van der Waals surface area contributed by atoms with Crippen LogP contribution in [0.4, 0.5) is 5.13 Å². The van der Waals surface area contributed by atoms with Gasteiger partial charge in [0.05, 0.1) is 12.2 Å². The van der Waals surface area contributed by atoms with Gasteiger partial charge in [-0.1, -0.05) is 0 Å². The molecule has 0 spiro atoms. The Kier molecular flexibility index (Phi) is 3.00. The first kappa shape index (κ1) is 11.6. The number of rotatable bonds is 3. The highest BCUT2D eigenvalue weighted by Crippen LogP contribution is 2.40. The smallest absolute Gasteiger partial charge is 0.245 e. The minimum Gasteiger partial charge on any atom is -0.353 e. The van der Waals surface area contributed by atoms with Gasteiger partial charge in [0.15, 0.2) is 5.13 Å². The molecule has 1 aromatic rings. The Morgan fingerprint density at radius 3 is 3.00 bits per heavy atom. The number of hydrogen-bond donors (Lipinski definition) is 3. The summed E-state index contributed by atoms with van der Waals surface area (Å²) >= 11 is 1.45. The Balaban J connectivity index is 1.57. The predicted molar refractivity (Wildman–Crippen MR) is 67.5 cm³/mol. The fourth-order valence-electron chi connectivity index (χ4n) is 1.85. The molecule has 2 fully saturated rings. The van der Waals surface area contributed by atoms with E-state index in [1.807, 2.05) is 5.38 Å². The second kappa shape index (κ2) is 4.66. The molecular weight excluding hydrogens is 252 g/mol. The minimum atomic E-state index is -0.379. The van der Waals surface area contributed by atoms with Crippen molar-refractivity contribution in [2.75, 3.05) is 18.4 Å². The third-order valence-corrected chi connectivity index (χ3v) is 3.85. The highest BCUT2D eigenvalue weighted by Gasteiger charge is 2.27. The average molecular weight is 266 g/mol. The van der Waals surface area contributed by atoms with Gasteiger partial charge in [-0.2, -0.15) is 0 Å². The molecule has 1 saturated heterocycles. The summed E-state index contributed by atoms with van der Waals surface area (Å²) in [7, 11) is 0. The van der Waals surface area contributed by atoms with Crippen LogP contribution in [0.3, 0.4) is 0 Å². The van der Waals surface area contributed by atoms with E-state index in [4.69, 9.17) is 0 Å². The number of piperazine rings is 1. The molecule has 1 aliphatic carbocycles. The quantitative estimate of drug-likeness (QED) is 0.722. The second-order valence-corrected chi connectivity index (χ2v) is 5.44. The lowest BCUT2D eigenvalue weighted by Crippen LogP contribution is -2.56. The number of anilines is 1. The van der Waals surface area contributed by atoms with E-state index in [9.17, 15) is 9.59 Å². The summed E-state index contributed by atoms with van der Waals surface area (Å²) in [5, 5.41) is 11.0. The van der Waals surface area contributed by atoms with Crippen molar-refractivity contribution in [2.45, 2.75) is 24.8 Å². The van der Waals surface area contributed by atoms with Gasteiger partial charge in [0.1, 0.15) is 6.04 Å². The molecule has 1 aromatic heterocycles. The van der Waals surface area contributed by atoms with E-state index in [-0.39, 0.29) is 24.4 Å². The van der Waals surface area contributed by atoms with Gasteiger partial charge in [-0.15, -0.1) is 11.3 Å². The van der Waals surface area contributed by atoms with Gasteiger partial charge in [-0.05, 0) is 12.8 Å². The summed E-state index contributed by atoms with van der Waals surface area (Å²) in [6, 6.07) is -0.379. The molecule has 0 bridgehead atoms. The number of hydrogen-bond acceptors (Lipinski definition) is 5. The number of aromatic nitrogens is 1. The standard InChI is InChI=1S/C11H14N4O2S/c16-9-4-12-7(3-13-9)10(17)15-11-14-8(5-18-11)6-1-2-6/h5-7,12H,1-4H2,(H,13,16)(H,14,15,17). The number of thiazole rings is 1. The molecule has 96 valence electrons. The Labute approximate surface area is 108 Å². The number of nitrogens with zero attached hydrogens (tertiary/aromatic N) is 1. The maximum Gasteiger partial charge on any atom is 0.245 e. The molecule has 2 heterocycles. The van der Waals surface area contributed by atoms with Crippen molar-refractivity contribution in [3.8, 4) is 0 Å².